The van der Waals surface area contributed by atoms with Crippen molar-refractivity contribution >= 4 is 33.4 Å². The summed E-state index contributed by atoms with van der Waals surface area (Å²) in [6, 6.07) is 12.5. The Balaban J connectivity index is 2.01. The molecule has 0 fully saturated rings. The monoisotopic (exact) mass is 304 g/mol. The normalized spacial score (nSPS) is 11.2. The van der Waals surface area contributed by atoms with Gasteiger partial charge in [-0.05, 0) is 17.5 Å². The van der Waals surface area contributed by atoms with Crippen molar-refractivity contribution in [3.8, 4) is 11.4 Å². The molecule has 0 saturated carbocycles. The highest BCUT2D eigenvalue weighted by Gasteiger charge is 2.13. The van der Waals surface area contributed by atoms with E-state index in [1.54, 1.807) is 0 Å². The summed E-state index contributed by atoms with van der Waals surface area (Å²) in [5.41, 5.74) is 9.33. The van der Waals surface area contributed by atoms with E-state index in [1.165, 1.54) is 17.4 Å². The van der Waals surface area contributed by atoms with Gasteiger partial charge >= 0.3 is 0 Å². The zero-order chi connectivity index (χ0) is 16.0. The van der Waals surface area contributed by atoms with Crippen LogP contribution in [0.5, 0.6) is 0 Å². The highest BCUT2D eigenvalue weighted by Crippen LogP contribution is 2.33. The first kappa shape index (κ1) is 13.5. The average Bonchev–Trinajstić information content (AvgIpc) is 2.99. The maximum absolute atomic E-state index is 5.90. The lowest BCUT2D eigenvalue weighted by molar-refractivity contribution is 1.14. The maximum Gasteiger partial charge on any atom is 0.183 e. The number of aromatic amines is 1. The fourth-order valence-corrected chi connectivity index (χ4v) is 2.85. The van der Waals surface area contributed by atoms with Crippen LogP contribution in [0.4, 0.5) is 11.5 Å². The van der Waals surface area contributed by atoms with Crippen LogP contribution in [0.1, 0.15) is 0 Å². The van der Waals surface area contributed by atoms with Gasteiger partial charge in [0.05, 0.1) is 0 Å². The Labute approximate surface area is 133 Å². The molecule has 23 heavy (non-hydrogen) atoms. The van der Waals surface area contributed by atoms with Gasteiger partial charge in [0.1, 0.15) is 17.7 Å². The number of benzene rings is 2. The standard InChI is InChI=1S/C17H16N6/c1-23(2)13-8-7-12(10-5-3-4-6-11(10)13)16-21-14-15(18)19-9-20-17(14)22-16/h3-9H,1-2H3,(H3,18,19,20,21,22). The number of nitrogens with zero attached hydrogens (tertiary/aromatic N) is 4. The van der Waals surface area contributed by atoms with Gasteiger partial charge in [0.15, 0.2) is 11.5 Å². The molecule has 0 aliphatic heterocycles. The van der Waals surface area contributed by atoms with Gasteiger partial charge in [-0.15, -0.1) is 0 Å². The van der Waals surface area contributed by atoms with Gasteiger partial charge in [-0.3, -0.25) is 0 Å². The summed E-state index contributed by atoms with van der Waals surface area (Å²) in [6.07, 6.45) is 1.43. The van der Waals surface area contributed by atoms with E-state index in [0.29, 0.717) is 17.0 Å². The summed E-state index contributed by atoms with van der Waals surface area (Å²) in [6.45, 7) is 0. The third kappa shape index (κ3) is 2.07. The first-order chi connectivity index (χ1) is 11.1. The van der Waals surface area contributed by atoms with E-state index >= 15 is 0 Å². The minimum Gasteiger partial charge on any atom is -0.382 e. The van der Waals surface area contributed by atoms with Gasteiger partial charge < -0.3 is 15.6 Å². The highest BCUT2D eigenvalue weighted by molar-refractivity contribution is 6.03. The largest absolute Gasteiger partial charge is 0.382 e. The summed E-state index contributed by atoms with van der Waals surface area (Å²) in [5, 5.41) is 2.30. The van der Waals surface area contributed by atoms with Crippen molar-refractivity contribution in [3.63, 3.8) is 0 Å². The van der Waals surface area contributed by atoms with Gasteiger partial charge in [-0.1, -0.05) is 24.3 Å². The molecule has 6 heteroatoms. The zero-order valence-electron chi connectivity index (χ0n) is 12.9. The van der Waals surface area contributed by atoms with E-state index in [9.17, 15) is 0 Å². The smallest absolute Gasteiger partial charge is 0.183 e. The molecule has 0 aliphatic carbocycles. The maximum atomic E-state index is 5.90. The van der Waals surface area contributed by atoms with Crippen molar-refractivity contribution in [3.05, 3.63) is 42.7 Å². The summed E-state index contributed by atoms with van der Waals surface area (Å²) in [7, 11) is 4.08. The summed E-state index contributed by atoms with van der Waals surface area (Å²) in [4.78, 5) is 18.1. The minimum absolute atomic E-state index is 0.406. The molecule has 2 heterocycles. The number of nitrogen functional groups attached to an aromatic ring is 1. The van der Waals surface area contributed by atoms with Gasteiger partial charge in [-0.2, -0.15) is 0 Å². The summed E-state index contributed by atoms with van der Waals surface area (Å²) >= 11 is 0. The van der Waals surface area contributed by atoms with Crippen LogP contribution in [0.3, 0.4) is 0 Å². The molecule has 3 N–H and O–H groups in total. The second-order valence-corrected chi connectivity index (χ2v) is 5.62. The molecular formula is C17H16N6. The second kappa shape index (κ2) is 4.95. The Morgan fingerprint density at radius 1 is 1.00 bits per heavy atom. The van der Waals surface area contributed by atoms with Crippen LogP contribution in [0, 0.1) is 0 Å². The van der Waals surface area contributed by atoms with Crippen molar-refractivity contribution in [2.24, 2.45) is 0 Å². The van der Waals surface area contributed by atoms with E-state index in [-0.39, 0.29) is 0 Å². The van der Waals surface area contributed by atoms with E-state index in [4.69, 9.17) is 5.73 Å². The van der Waals surface area contributed by atoms with Crippen molar-refractivity contribution in [2.45, 2.75) is 0 Å². The van der Waals surface area contributed by atoms with Gasteiger partial charge in [0.2, 0.25) is 0 Å². The van der Waals surface area contributed by atoms with E-state index < -0.39 is 0 Å². The van der Waals surface area contributed by atoms with Crippen LogP contribution in [-0.4, -0.2) is 34.0 Å². The number of hydrogen-bond donors (Lipinski definition) is 2. The molecular weight excluding hydrogens is 288 g/mol. The molecule has 0 atom stereocenters. The number of hydrogen-bond acceptors (Lipinski definition) is 5. The van der Waals surface area contributed by atoms with Crippen LogP contribution in [0.15, 0.2) is 42.7 Å². The Hall–Kier alpha value is -3.15. The summed E-state index contributed by atoms with van der Waals surface area (Å²) in [5.74, 6) is 1.15. The molecule has 0 unspecified atom stereocenters. The lowest BCUT2D eigenvalue weighted by Crippen LogP contribution is -2.09. The molecule has 4 rings (SSSR count). The minimum atomic E-state index is 0.406. The molecule has 0 bridgehead atoms. The first-order valence-electron chi connectivity index (χ1n) is 7.31. The molecule has 0 amide bonds. The molecule has 2 aromatic heterocycles. The van der Waals surface area contributed by atoms with Crippen LogP contribution in [0.25, 0.3) is 33.3 Å². The van der Waals surface area contributed by atoms with Gasteiger partial charge in [0.25, 0.3) is 0 Å². The van der Waals surface area contributed by atoms with Gasteiger partial charge in [0, 0.05) is 30.7 Å². The van der Waals surface area contributed by atoms with E-state index in [2.05, 4.69) is 49.1 Å². The molecule has 0 radical (unpaired) electrons. The van der Waals surface area contributed by atoms with Crippen LogP contribution in [0.2, 0.25) is 0 Å². The Morgan fingerprint density at radius 3 is 2.52 bits per heavy atom. The highest BCUT2D eigenvalue weighted by atomic mass is 15.1. The zero-order valence-corrected chi connectivity index (χ0v) is 12.9. The Morgan fingerprint density at radius 2 is 1.78 bits per heavy atom. The molecule has 114 valence electrons. The quantitative estimate of drug-likeness (QED) is 0.595. The van der Waals surface area contributed by atoms with Crippen molar-refractivity contribution < 1.29 is 0 Å². The fraction of sp³-hybridized carbons (Fsp3) is 0.118. The number of imidazole rings is 1. The molecule has 2 aromatic carbocycles. The van der Waals surface area contributed by atoms with Crippen LogP contribution >= 0.6 is 0 Å². The second-order valence-electron chi connectivity index (χ2n) is 5.62. The van der Waals surface area contributed by atoms with E-state index in [0.717, 1.165) is 16.8 Å². The number of aromatic nitrogens is 4. The molecule has 0 saturated heterocycles. The third-order valence-electron chi connectivity index (χ3n) is 3.96. The predicted molar refractivity (Wildman–Crippen MR) is 93.4 cm³/mol. The Kier molecular flexibility index (Phi) is 2.90. The lowest BCUT2D eigenvalue weighted by atomic mass is 10.0. The molecule has 6 nitrogen and oxygen atoms in total. The number of anilines is 2. The predicted octanol–water partition coefficient (Wildman–Crippen LogP) is 2.82. The number of nitrogens with two attached hydrogens (primary N) is 1. The van der Waals surface area contributed by atoms with Gasteiger partial charge in [-0.25, -0.2) is 15.0 Å². The Bertz CT molecular complexity index is 1020. The first-order valence-corrected chi connectivity index (χ1v) is 7.31. The average molecular weight is 304 g/mol. The topological polar surface area (TPSA) is 83.7 Å². The third-order valence-corrected chi connectivity index (χ3v) is 3.96. The number of H-pyrrole nitrogens is 1. The SMILES string of the molecule is CN(C)c1ccc(-c2nc3ncnc(N)c3[nH]2)c2ccccc12. The van der Waals surface area contributed by atoms with Crippen LogP contribution in [-0.2, 0) is 0 Å². The van der Waals surface area contributed by atoms with Crippen LogP contribution < -0.4 is 10.6 Å². The van der Waals surface area contributed by atoms with Crippen molar-refractivity contribution in [1.29, 1.82) is 0 Å². The number of rotatable bonds is 2. The molecule has 0 aliphatic rings. The number of nitrogens with one attached hydrogen (secondary N) is 1. The molecule has 4 aromatic rings. The number of fused-ring (bicyclic) bond motifs is 2. The molecule has 0 spiro atoms. The fourth-order valence-electron chi connectivity index (χ4n) is 2.85. The van der Waals surface area contributed by atoms with Crippen molar-refractivity contribution in [2.75, 3.05) is 24.7 Å². The van der Waals surface area contributed by atoms with E-state index in [1.807, 2.05) is 26.2 Å². The summed E-state index contributed by atoms with van der Waals surface area (Å²) < 4.78 is 0. The van der Waals surface area contributed by atoms with Crippen molar-refractivity contribution in [1.82, 2.24) is 19.9 Å². The lowest BCUT2D eigenvalue weighted by Gasteiger charge is -2.16.